The molecule has 0 amide bonds. The molecule has 0 aromatic heterocycles. The maximum Gasteiger partial charge on any atom is 0.116 e. The topological polar surface area (TPSA) is 47.9 Å². The van der Waals surface area contributed by atoms with E-state index in [2.05, 4.69) is 10.6 Å². The van der Waals surface area contributed by atoms with Gasteiger partial charge >= 0.3 is 0 Å². The van der Waals surface area contributed by atoms with Gasteiger partial charge in [-0.25, -0.2) is 0 Å². The van der Waals surface area contributed by atoms with Crippen LogP contribution in [0.3, 0.4) is 0 Å². The van der Waals surface area contributed by atoms with Gasteiger partial charge < -0.3 is 16.0 Å². The fraction of sp³-hybridized carbons (Fsp3) is 0.500. The van der Waals surface area contributed by atoms with E-state index in [0.717, 1.165) is 5.70 Å². The van der Waals surface area contributed by atoms with Crippen molar-refractivity contribution >= 4 is 5.71 Å². The van der Waals surface area contributed by atoms with Crippen LogP contribution in [0.4, 0.5) is 0 Å². The zero-order valence-corrected chi connectivity index (χ0v) is 8.81. The van der Waals surface area contributed by atoms with Crippen LogP contribution in [0.2, 0.25) is 0 Å². The summed E-state index contributed by atoms with van der Waals surface area (Å²) in [6.45, 7) is 7.75. The summed E-state index contributed by atoms with van der Waals surface area (Å²) in [6.07, 6.45) is 5.79. The molecule has 0 saturated heterocycles. The Bertz CT molecular complexity index is 216. The molecule has 0 bridgehead atoms. The van der Waals surface area contributed by atoms with Crippen LogP contribution in [0, 0.1) is 5.41 Å². The van der Waals surface area contributed by atoms with Gasteiger partial charge in [-0.3, -0.25) is 0 Å². The molecule has 3 nitrogen and oxygen atoms in total. The smallest absolute Gasteiger partial charge is 0.116 e. The van der Waals surface area contributed by atoms with Crippen molar-refractivity contribution in [2.45, 2.75) is 33.9 Å². The normalized spacial score (nSPS) is 19.7. The maximum absolute atomic E-state index is 7.15. The largest absolute Gasteiger partial charge is 0.367 e. The van der Waals surface area contributed by atoms with Gasteiger partial charge in [0.15, 0.2) is 0 Å². The van der Waals surface area contributed by atoms with E-state index in [1.807, 2.05) is 33.0 Å². The summed E-state index contributed by atoms with van der Waals surface area (Å²) in [6, 6.07) is 0. The van der Waals surface area contributed by atoms with E-state index in [1.54, 1.807) is 13.0 Å². The Labute approximate surface area is 80.4 Å². The van der Waals surface area contributed by atoms with Crippen LogP contribution in [0.5, 0.6) is 0 Å². The van der Waals surface area contributed by atoms with Crippen LogP contribution in [0.1, 0.15) is 27.7 Å². The molecule has 1 rings (SSSR count). The average Bonchev–Trinajstić information content (AvgIpc) is 2.52. The third kappa shape index (κ3) is 5.06. The summed E-state index contributed by atoms with van der Waals surface area (Å²) < 4.78 is 0. The number of hydrogen-bond acceptors (Lipinski definition) is 3. The third-order valence-corrected chi connectivity index (χ3v) is 1.40. The van der Waals surface area contributed by atoms with Gasteiger partial charge in [-0.1, -0.05) is 13.8 Å². The van der Waals surface area contributed by atoms with E-state index in [-0.39, 0.29) is 6.17 Å². The highest BCUT2D eigenvalue weighted by Gasteiger charge is 2.06. The molecule has 13 heavy (non-hydrogen) atoms. The second kappa shape index (κ2) is 6.29. The lowest BCUT2D eigenvalue weighted by molar-refractivity contribution is 0.673. The highest BCUT2D eigenvalue weighted by atomic mass is 15.2. The van der Waals surface area contributed by atoms with Crippen LogP contribution in [0.25, 0.3) is 0 Å². The monoisotopic (exact) mass is 181 g/mol. The Kier molecular flexibility index (Phi) is 5.68. The van der Waals surface area contributed by atoms with Crippen molar-refractivity contribution in [1.82, 2.24) is 10.6 Å². The molecule has 74 valence electrons. The van der Waals surface area contributed by atoms with E-state index in [9.17, 15) is 0 Å². The first-order valence-electron chi connectivity index (χ1n) is 4.61. The van der Waals surface area contributed by atoms with Crippen LogP contribution in [-0.2, 0) is 0 Å². The van der Waals surface area contributed by atoms with Crippen molar-refractivity contribution in [2.75, 3.05) is 0 Å². The van der Waals surface area contributed by atoms with E-state index in [4.69, 9.17) is 5.41 Å². The maximum atomic E-state index is 7.15. The third-order valence-electron chi connectivity index (χ3n) is 1.40. The molecule has 0 aromatic carbocycles. The first-order chi connectivity index (χ1) is 6.18. The zero-order chi connectivity index (χ0) is 10.3. The number of allylic oxidation sites excluding steroid dienone is 2. The molecule has 0 spiro atoms. The summed E-state index contributed by atoms with van der Waals surface area (Å²) in [7, 11) is 0. The van der Waals surface area contributed by atoms with Crippen molar-refractivity contribution < 1.29 is 0 Å². The zero-order valence-electron chi connectivity index (χ0n) is 8.81. The molecule has 1 atom stereocenters. The number of hydrogen-bond donors (Lipinski definition) is 3. The van der Waals surface area contributed by atoms with Crippen LogP contribution in [0.15, 0.2) is 24.0 Å². The Morgan fingerprint density at radius 3 is 2.54 bits per heavy atom. The Balaban J connectivity index is 0.000000671. The van der Waals surface area contributed by atoms with Gasteiger partial charge in [0.05, 0.1) is 0 Å². The van der Waals surface area contributed by atoms with Crippen molar-refractivity contribution in [3.63, 3.8) is 0 Å². The predicted octanol–water partition coefficient (Wildman–Crippen LogP) is 1.99. The lowest BCUT2D eigenvalue weighted by Gasteiger charge is -2.06. The highest BCUT2D eigenvalue weighted by molar-refractivity contribution is 5.89. The van der Waals surface area contributed by atoms with Crippen molar-refractivity contribution in [2.24, 2.45) is 0 Å². The minimum absolute atomic E-state index is 0.162. The molecule has 1 heterocycles. The first kappa shape index (κ1) is 11.8. The number of nitrogens with one attached hydrogen (secondary N) is 3. The molecule has 3 N–H and O–H groups in total. The highest BCUT2D eigenvalue weighted by Crippen LogP contribution is 1.97. The quantitative estimate of drug-likeness (QED) is 0.570. The summed E-state index contributed by atoms with van der Waals surface area (Å²) in [5.74, 6) is 0. The van der Waals surface area contributed by atoms with E-state index in [1.165, 1.54) is 0 Å². The summed E-state index contributed by atoms with van der Waals surface area (Å²) in [5.41, 5.74) is 1.69. The molecule has 0 saturated carbocycles. The molecule has 1 unspecified atom stereocenters. The molecule has 1 aliphatic rings. The van der Waals surface area contributed by atoms with Gasteiger partial charge in [0.2, 0.25) is 0 Å². The minimum atomic E-state index is 0.162. The summed E-state index contributed by atoms with van der Waals surface area (Å²) in [5, 5.41) is 13.4. The van der Waals surface area contributed by atoms with Crippen molar-refractivity contribution in [3.05, 3.63) is 24.0 Å². The fourth-order valence-corrected chi connectivity index (χ4v) is 0.888. The Hall–Kier alpha value is -1.25. The molecule has 0 radical (unpaired) electrons. The predicted molar refractivity (Wildman–Crippen MR) is 57.7 cm³/mol. The van der Waals surface area contributed by atoms with Crippen LogP contribution in [-0.4, -0.2) is 11.9 Å². The first-order valence-corrected chi connectivity index (χ1v) is 4.61. The lowest BCUT2D eigenvalue weighted by atomic mass is 10.3. The second-order valence-electron chi connectivity index (χ2n) is 2.66. The number of rotatable bonds is 2. The molecule has 0 aliphatic carbocycles. The second-order valence-corrected chi connectivity index (χ2v) is 2.66. The van der Waals surface area contributed by atoms with Crippen LogP contribution >= 0.6 is 0 Å². The van der Waals surface area contributed by atoms with Crippen LogP contribution < -0.4 is 10.6 Å². The summed E-state index contributed by atoms with van der Waals surface area (Å²) >= 11 is 0. The Morgan fingerprint density at radius 1 is 1.54 bits per heavy atom. The van der Waals surface area contributed by atoms with Gasteiger partial charge in [0.25, 0.3) is 0 Å². The van der Waals surface area contributed by atoms with Gasteiger partial charge in [0.1, 0.15) is 6.17 Å². The van der Waals surface area contributed by atoms with Crippen molar-refractivity contribution in [1.29, 1.82) is 5.41 Å². The van der Waals surface area contributed by atoms with Gasteiger partial charge in [-0.05, 0) is 26.0 Å². The van der Waals surface area contributed by atoms with Gasteiger partial charge in [-0.15, -0.1) is 0 Å². The minimum Gasteiger partial charge on any atom is -0.367 e. The van der Waals surface area contributed by atoms with E-state index in [0.29, 0.717) is 5.71 Å². The molecular weight excluding hydrogens is 162 g/mol. The van der Waals surface area contributed by atoms with Gasteiger partial charge in [0, 0.05) is 17.6 Å². The SMILES string of the molecule is CC.CC(=N)/C=C\C1NC=C(C)N1. The fourth-order valence-electron chi connectivity index (χ4n) is 0.888. The molecule has 0 fully saturated rings. The standard InChI is InChI=1S/C8H13N3.C2H6/c1-6(9)3-4-8-10-5-7(2)11-8;1-2/h3-5,8-11H,1-2H3;1-2H3/b4-3-,9-6?;. The van der Waals surface area contributed by atoms with Gasteiger partial charge in [-0.2, -0.15) is 0 Å². The lowest BCUT2D eigenvalue weighted by Crippen LogP contribution is -2.29. The molecular formula is C10H19N3. The van der Waals surface area contributed by atoms with Crippen molar-refractivity contribution in [3.8, 4) is 0 Å². The van der Waals surface area contributed by atoms with E-state index >= 15 is 0 Å². The Morgan fingerprint density at radius 2 is 2.15 bits per heavy atom. The molecule has 1 aliphatic heterocycles. The molecule has 0 aromatic rings. The summed E-state index contributed by atoms with van der Waals surface area (Å²) in [4.78, 5) is 0. The molecule has 3 heteroatoms. The average molecular weight is 181 g/mol. The van der Waals surface area contributed by atoms with E-state index < -0.39 is 0 Å².